The predicted octanol–water partition coefficient (Wildman–Crippen LogP) is 13.9. The Bertz CT molecular complexity index is 2250. The molecule has 0 spiro atoms. The maximum Gasteiger partial charge on any atom is 0.219 e. The van der Waals surface area contributed by atoms with E-state index in [1.54, 1.807) is 6.26 Å². The maximum atomic E-state index is 12.2. The van der Waals surface area contributed by atoms with Crippen molar-refractivity contribution in [2.24, 2.45) is 16.7 Å². The molecule has 0 atom stereocenters. The van der Waals surface area contributed by atoms with Crippen molar-refractivity contribution in [2.45, 2.75) is 114 Å². The van der Waals surface area contributed by atoms with Crippen molar-refractivity contribution >= 4 is 49.1 Å². The summed E-state index contributed by atoms with van der Waals surface area (Å²) in [7, 11) is 0. The van der Waals surface area contributed by atoms with Crippen LogP contribution in [0.4, 0.5) is 0 Å². The Hall–Kier alpha value is -3.64. The van der Waals surface area contributed by atoms with Crippen LogP contribution < -0.4 is 0 Å². The van der Waals surface area contributed by atoms with Crippen LogP contribution in [0.2, 0.25) is 0 Å². The van der Waals surface area contributed by atoms with Gasteiger partial charge < -0.3 is 14.5 Å². The van der Waals surface area contributed by atoms with Gasteiger partial charge in [-0.1, -0.05) is 117 Å². The second kappa shape index (κ2) is 17.4. The molecule has 1 radical (unpaired) electrons. The molecule has 0 saturated heterocycles. The molecule has 6 rings (SSSR count). The summed E-state index contributed by atoms with van der Waals surface area (Å²) in [6.45, 7) is 23.4. The molecule has 6 aromatic rings. The van der Waals surface area contributed by atoms with Crippen LogP contribution in [0.3, 0.4) is 0 Å². The summed E-state index contributed by atoms with van der Waals surface area (Å²) in [5, 5.41) is 17.0. The first-order valence-electron chi connectivity index (χ1n) is 19.2. The molecule has 0 aliphatic heterocycles. The summed E-state index contributed by atoms with van der Waals surface area (Å²) >= 11 is 1.83. The summed E-state index contributed by atoms with van der Waals surface area (Å²) in [4.78, 5) is 21.4. The first-order valence-corrected chi connectivity index (χ1v) is 20.1. The van der Waals surface area contributed by atoms with E-state index in [1.807, 2.05) is 71.3 Å². The van der Waals surface area contributed by atoms with Crippen LogP contribution in [0.5, 0.6) is 0 Å². The van der Waals surface area contributed by atoms with Gasteiger partial charge in [0.15, 0.2) is 5.78 Å². The zero-order valence-corrected chi connectivity index (χ0v) is 37.2. The van der Waals surface area contributed by atoms with Gasteiger partial charge in [0.2, 0.25) is 5.71 Å². The number of pyridine rings is 2. The zero-order valence-electron chi connectivity index (χ0n) is 33.9. The van der Waals surface area contributed by atoms with Crippen LogP contribution >= 0.6 is 11.3 Å². The normalized spacial score (nSPS) is 12.6. The number of benzene rings is 2. The summed E-state index contributed by atoms with van der Waals surface area (Å²) in [5.41, 5.74) is 6.82. The van der Waals surface area contributed by atoms with Crippen LogP contribution in [-0.4, -0.2) is 20.9 Å². The molecule has 0 amide bonds. The minimum atomic E-state index is -0.337. The van der Waals surface area contributed by atoms with E-state index < -0.39 is 0 Å². The monoisotopic (exact) mass is 922 g/mol. The molecule has 0 saturated carbocycles. The van der Waals surface area contributed by atoms with Crippen molar-refractivity contribution in [2.75, 3.05) is 0 Å². The molecule has 0 bridgehead atoms. The van der Waals surface area contributed by atoms with Gasteiger partial charge >= 0.3 is 0 Å². The first kappa shape index (κ1) is 43.1. The SMILES string of the molecule is CC(C)Cc1csc2cc(-c3cc(-c4[c-]c5cnccc5c(C(C)(C)C)c4)nc4occc34)ccc12.CCC(C)(CC)C(=O)/C=C(\O)C(C)(CC)CC.[Ir]. The molecule has 0 aliphatic carbocycles. The van der Waals surface area contributed by atoms with Crippen LogP contribution in [-0.2, 0) is 36.7 Å². The Labute approximate surface area is 340 Å². The number of nitrogens with zero attached hydrogens (tertiary/aromatic N) is 2. The topological polar surface area (TPSA) is 76.2 Å². The maximum absolute atomic E-state index is 12.2. The van der Waals surface area contributed by atoms with Crippen molar-refractivity contribution in [1.29, 1.82) is 0 Å². The molecule has 1 N–H and O–H groups in total. The van der Waals surface area contributed by atoms with Crippen molar-refractivity contribution in [3.63, 3.8) is 0 Å². The van der Waals surface area contributed by atoms with E-state index >= 15 is 0 Å². The number of fused-ring (bicyclic) bond motifs is 3. The number of aliphatic hydroxyl groups is 1. The Morgan fingerprint density at radius 1 is 0.907 bits per heavy atom. The number of thiophene rings is 1. The summed E-state index contributed by atoms with van der Waals surface area (Å²) in [6.07, 6.45) is 11.3. The second-order valence-corrected chi connectivity index (χ2v) is 17.4. The number of ketones is 1. The second-order valence-electron chi connectivity index (χ2n) is 16.5. The minimum Gasteiger partial charge on any atom is -0.512 e. The number of carbonyl (C=O) groups excluding carboxylic acids is 1. The zero-order chi connectivity index (χ0) is 38.7. The van der Waals surface area contributed by atoms with E-state index in [0.717, 1.165) is 59.7 Å². The summed E-state index contributed by atoms with van der Waals surface area (Å²) < 4.78 is 7.14. The number of allylic oxidation sites excluding steroid dienone is 2. The molecule has 7 heteroatoms. The average Bonchev–Trinajstić information content (AvgIpc) is 3.79. The quantitative estimate of drug-likeness (QED) is 0.0796. The molecular weight excluding hydrogens is 865 g/mol. The molecule has 0 unspecified atom stereocenters. The largest absolute Gasteiger partial charge is 0.512 e. The van der Waals surface area contributed by atoms with Crippen molar-refractivity contribution in [3.8, 4) is 22.4 Å². The van der Waals surface area contributed by atoms with Crippen molar-refractivity contribution in [1.82, 2.24) is 9.97 Å². The van der Waals surface area contributed by atoms with Crippen molar-refractivity contribution < 1.29 is 34.4 Å². The minimum absolute atomic E-state index is 0. The Morgan fingerprint density at radius 3 is 2.22 bits per heavy atom. The van der Waals surface area contributed by atoms with Gasteiger partial charge in [0, 0.05) is 59.0 Å². The molecule has 4 aromatic heterocycles. The van der Waals surface area contributed by atoms with E-state index in [-0.39, 0.29) is 47.9 Å². The number of hydrogen-bond acceptors (Lipinski definition) is 6. The standard InChI is InChI=1S/C32H29N2OS.C15H28O2.Ir/c1-19(2)12-23-18-36-30-15-20(6-7-25(23)30)27-16-29(34-31-26(27)9-11-35-31)21-13-22-17-33-10-8-24(22)28(14-21)32(3,4)5;1-7-14(5,8-2)12(16)11-13(17)15(6,9-3)10-4;/h6-11,14-19H,12H2,1-5H3;11,16H,7-10H2,1-6H3;/q-1;;/b;12-11-;. The molecule has 54 heavy (non-hydrogen) atoms. The van der Waals surface area contributed by atoms with Gasteiger partial charge in [-0.3, -0.25) is 9.78 Å². The molecule has 5 nitrogen and oxygen atoms in total. The van der Waals surface area contributed by atoms with Gasteiger partial charge in [-0.05, 0) is 89.2 Å². The third-order valence-electron chi connectivity index (χ3n) is 11.4. The third-order valence-corrected chi connectivity index (χ3v) is 12.4. The molecular formula is C47H57IrN2O3S-. The Balaban J connectivity index is 0.000000309. The van der Waals surface area contributed by atoms with Crippen molar-refractivity contribution in [3.05, 3.63) is 95.5 Å². The van der Waals surface area contributed by atoms with Gasteiger partial charge in [0.1, 0.15) is 5.76 Å². The Morgan fingerprint density at radius 2 is 1.59 bits per heavy atom. The van der Waals surface area contributed by atoms with E-state index in [9.17, 15) is 9.90 Å². The third kappa shape index (κ3) is 9.07. The van der Waals surface area contributed by atoms with Gasteiger partial charge in [-0.15, -0.1) is 29.0 Å². The predicted molar refractivity (Wildman–Crippen MR) is 225 cm³/mol. The van der Waals surface area contributed by atoms with Crippen LogP contribution in [0.1, 0.15) is 113 Å². The van der Waals surface area contributed by atoms with Gasteiger partial charge in [0.25, 0.3) is 0 Å². The average molecular weight is 922 g/mol. The van der Waals surface area contributed by atoms with Crippen LogP contribution in [0.25, 0.3) is 54.3 Å². The van der Waals surface area contributed by atoms with Gasteiger partial charge in [0.05, 0.1) is 6.26 Å². The summed E-state index contributed by atoms with van der Waals surface area (Å²) in [5.74, 6) is 0.927. The fourth-order valence-electron chi connectivity index (χ4n) is 6.75. The van der Waals surface area contributed by atoms with Crippen LogP contribution in [0, 0.1) is 22.8 Å². The fraction of sp³-hybridized carbons (Fsp3) is 0.426. The number of carbonyl (C=O) groups is 1. The fourth-order valence-corrected chi connectivity index (χ4v) is 7.76. The van der Waals surface area contributed by atoms with E-state index in [1.165, 1.54) is 38.2 Å². The van der Waals surface area contributed by atoms with Gasteiger partial charge in [-0.25, -0.2) is 0 Å². The molecule has 2 aromatic carbocycles. The first-order chi connectivity index (χ1) is 25.1. The molecule has 289 valence electrons. The molecule has 0 fully saturated rings. The molecule has 0 aliphatic rings. The summed E-state index contributed by atoms with van der Waals surface area (Å²) in [6, 6.07) is 18.9. The van der Waals surface area contributed by atoms with Crippen LogP contribution in [0.15, 0.2) is 82.8 Å². The smallest absolute Gasteiger partial charge is 0.219 e. The number of hydrogen-bond donors (Lipinski definition) is 1. The van der Waals surface area contributed by atoms with Gasteiger partial charge in [-0.2, -0.15) is 0 Å². The number of rotatable bonds is 11. The van der Waals surface area contributed by atoms with E-state index in [4.69, 9.17) is 9.40 Å². The molecule has 4 heterocycles. The van der Waals surface area contributed by atoms with E-state index in [0.29, 0.717) is 11.6 Å². The number of furan rings is 1. The number of aromatic nitrogens is 2. The Kier molecular flexibility index (Phi) is 13.9. The van der Waals surface area contributed by atoms with E-state index in [2.05, 4.69) is 87.4 Å². The number of aliphatic hydroxyl groups excluding tert-OH is 1.